The summed E-state index contributed by atoms with van der Waals surface area (Å²) in [5, 5.41) is 6.28. The second kappa shape index (κ2) is 8.60. The van der Waals surface area contributed by atoms with Gasteiger partial charge in [-0.2, -0.15) is 0 Å². The monoisotopic (exact) mass is 435 g/mol. The summed E-state index contributed by atoms with van der Waals surface area (Å²) in [5.74, 6) is 0.505. The molecule has 2 N–H and O–H groups in total. The maximum atomic E-state index is 12.3. The molecule has 2 aromatic heterocycles. The van der Waals surface area contributed by atoms with Crippen molar-refractivity contribution in [2.75, 3.05) is 37.5 Å². The van der Waals surface area contributed by atoms with E-state index in [1.807, 2.05) is 32.3 Å². The molecule has 1 aromatic carbocycles. The van der Waals surface area contributed by atoms with E-state index < -0.39 is 0 Å². The Kier molecular flexibility index (Phi) is 5.50. The van der Waals surface area contributed by atoms with Gasteiger partial charge in [0.15, 0.2) is 5.76 Å². The number of carbonyl (C=O) groups excluding carboxylic acids is 1. The molecule has 9 nitrogen and oxygen atoms in total. The molecule has 4 heterocycles. The van der Waals surface area contributed by atoms with Crippen LogP contribution in [0.2, 0.25) is 0 Å². The molecule has 2 aliphatic heterocycles. The second-order valence-electron chi connectivity index (χ2n) is 8.11. The van der Waals surface area contributed by atoms with Gasteiger partial charge in [0.2, 0.25) is 5.95 Å². The molecular weight excluding hydrogens is 410 g/mol. The first-order valence-corrected chi connectivity index (χ1v) is 10.5. The van der Waals surface area contributed by atoms with Crippen LogP contribution in [-0.4, -0.2) is 67.5 Å². The van der Waals surface area contributed by atoms with E-state index in [1.165, 1.54) is 6.26 Å². The molecule has 32 heavy (non-hydrogen) atoms. The Bertz CT molecular complexity index is 1070. The molecular formula is C23H25N5O4. The Morgan fingerprint density at radius 1 is 1.03 bits per heavy atom. The number of benzene rings is 1. The summed E-state index contributed by atoms with van der Waals surface area (Å²) in [6, 6.07) is 13.0. The van der Waals surface area contributed by atoms with E-state index in [4.69, 9.17) is 13.9 Å². The first-order valence-electron chi connectivity index (χ1n) is 10.5. The van der Waals surface area contributed by atoms with E-state index in [2.05, 4.69) is 37.6 Å². The fraction of sp³-hybridized carbons (Fsp3) is 0.348. The summed E-state index contributed by atoms with van der Waals surface area (Å²) in [7, 11) is 4.02. The Morgan fingerprint density at radius 3 is 2.50 bits per heavy atom. The number of ether oxygens (including phenoxy) is 2. The maximum Gasteiger partial charge on any atom is 0.287 e. The number of amides is 1. The highest BCUT2D eigenvalue weighted by atomic mass is 16.6. The average Bonchev–Trinajstić information content (AvgIpc) is 3.55. The van der Waals surface area contributed by atoms with E-state index in [-0.39, 0.29) is 36.0 Å². The molecule has 166 valence electrons. The highest BCUT2D eigenvalue weighted by molar-refractivity contribution is 5.91. The number of aromatic nitrogens is 2. The standard InChI is InChI=1S/C23H25N5O4/c1-28(2)15-7-5-14(6-8-15)16-9-10-24-23(26-16)27-18-13-32-20-17(12-31-21(18)20)25-22(29)19-4-3-11-30-19/h3-11,17-18,20-21H,12-13H2,1-2H3,(H,25,29)(H,24,26,27)/t17-,18+,20-,21+/m0/s1. The van der Waals surface area contributed by atoms with Crippen molar-refractivity contribution in [3.8, 4) is 11.3 Å². The number of carbonyl (C=O) groups is 1. The zero-order valence-electron chi connectivity index (χ0n) is 17.9. The largest absolute Gasteiger partial charge is 0.459 e. The van der Waals surface area contributed by atoms with Crippen LogP contribution in [0.4, 0.5) is 11.6 Å². The van der Waals surface area contributed by atoms with Gasteiger partial charge in [-0.15, -0.1) is 0 Å². The third-order valence-corrected chi connectivity index (χ3v) is 5.76. The molecule has 4 atom stereocenters. The number of fused-ring (bicyclic) bond motifs is 1. The van der Waals surface area contributed by atoms with Gasteiger partial charge in [0.25, 0.3) is 5.91 Å². The molecule has 0 aliphatic carbocycles. The quantitative estimate of drug-likeness (QED) is 0.608. The van der Waals surface area contributed by atoms with Gasteiger partial charge >= 0.3 is 0 Å². The molecule has 5 rings (SSSR count). The molecule has 0 unspecified atom stereocenters. The zero-order valence-corrected chi connectivity index (χ0v) is 17.9. The van der Waals surface area contributed by atoms with Crippen LogP contribution in [0.15, 0.2) is 59.3 Å². The third kappa shape index (κ3) is 4.04. The normalized spacial score (nSPS) is 24.2. The number of hydrogen-bond acceptors (Lipinski definition) is 8. The predicted octanol–water partition coefficient (Wildman–Crippen LogP) is 2.18. The van der Waals surface area contributed by atoms with E-state index in [1.54, 1.807) is 18.3 Å². The fourth-order valence-electron chi connectivity index (χ4n) is 4.08. The van der Waals surface area contributed by atoms with Crippen molar-refractivity contribution >= 4 is 17.5 Å². The zero-order chi connectivity index (χ0) is 22.1. The smallest absolute Gasteiger partial charge is 0.287 e. The van der Waals surface area contributed by atoms with Gasteiger partial charge in [-0.25, -0.2) is 9.97 Å². The predicted molar refractivity (Wildman–Crippen MR) is 119 cm³/mol. The van der Waals surface area contributed by atoms with Gasteiger partial charge < -0.3 is 29.4 Å². The summed E-state index contributed by atoms with van der Waals surface area (Å²) in [6.45, 7) is 0.812. The lowest BCUT2D eigenvalue weighted by atomic mass is 10.1. The van der Waals surface area contributed by atoms with Crippen molar-refractivity contribution in [3.05, 3.63) is 60.7 Å². The van der Waals surface area contributed by atoms with Crippen LogP contribution < -0.4 is 15.5 Å². The summed E-state index contributed by atoms with van der Waals surface area (Å²) in [5.41, 5.74) is 2.97. The maximum absolute atomic E-state index is 12.3. The van der Waals surface area contributed by atoms with Gasteiger partial charge in [0.05, 0.1) is 37.3 Å². The van der Waals surface area contributed by atoms with E-state index in [9.17, 15) is 4.79 Å². The minimum Gasteiger partial charge on any atom is -0.459 e. The lowest BCUT2D eigenvalue weighted by Gasteiger charge is -2.18. The minimum atomic E-state index is -0.277. The van der Waals surface area contributed by atoms with Crippen molar-refractivity contribution in [1.29, 1.82) is 0 Å². The molecule has 0 saturated carbocycles. The Hall–Kier alpha value is -3.43. The first-order chi connectivity index (χ1) is 15.6. The number of nitrogens with zero attached hydrogens (tertiary/aromatic N) is 3. The average molecular weight is 435 g/mol. The molecule has 0 spiro atoms. The van der Waals surface area contributed by atoms with E-state index in [0.717, 1.165) is 16.9 Å². The second-order valence-corrected chi connectivity index (χ2v) is 8.11. The van der Waals surface area contributed by atoms with Crippen LogP contribution in [-0.2, 0) is 9.47 Å². The summed E-state index contributed by atoms with van der Waals surface area (Å²) in [4.78, 5) is 23.4. The number of furan rings is 1. The highest BCUT2D eigenvalue weighted by Crippen LogP contribution is 2.29. The Morgan fingerprint density at radius 2 is 1.78 bits per heavy atom. The molecule has 2 fully saturated rings. The third-order valence-electron chi connectivity index (χ3n) is 5.76. The van der Waals surface area contributed by atoms with Crippen molar-refractivity contribution in [2.24, 2.45) is 0 Å². The topological polar surface area (TPSA) is 102 Å². The number of rotatable bonds is 6. The van der Waals surface area contributed by atoms with E-state index >= 15 is 0 Å². The molecule has 9 heteroatoms. The number of nitrogens with one attached hydrogen (secondary N) is 2. The van der Waals surface area contributed by atoms with E-state index in [0.29, 0.717) is 19.2 Å². The van der Waals surface area contributed by atoms with Gasteiger partial charge in [0, 0.05) is 31.5 Å². The van der Waals surface area contributed by atoms with Crippen molar-refractivity contribution in [2.45, 2.75) is 24.3 Å². The van der Waals surface area contributed by atoms with Gasteiger partial charge in [-0.1, -0.05) is 12.1 Å². The van der Waals surface area contributed by atoms with Crippen LogP contribution >= 0.6 is 0 Å². The molecule has 2 saturated heterocycles. The molecule has 0 bridgehead atoms. The Labute approximate surface area is 185 Å². The van der Waals surface area contributed by atoms with Crippen LogP contribution in [0.25, 0.3) is 11.3 Å². The summed E-state index contributed by atoms with van der Waals surface area (Å²) >= 11 is 0. The Balaban J connectivity index is 1.24. The lowest BCUT2D eigenvalue weighted by Crippen LogP contribution is -2.44. The summed E-state index contributed by atoms with van der Waals surface area (Å²) in [6.07, 6.45) is 2.76. The van der Waals surface area contributed by atoms with Crippen molar-refractivity contribution < 1.29 is 18.7 Å². The van der Waals surface area contributed by atoms with Crippen molar-refractivity contribution in [1.82, 2.24) is 15.3 Å². The van der Waals surface area contributed by atoms with Gasteiger partial charge in [-0.05, 0) is 30.3 Å². The molecule has 3 aromatic rings. The molecule has 0 radical (unpaired) electrons. The molecule has 2 aliphatic rings. The summed E-state index contributed by atoms with van der Waals surface area (Å²) < 4.78 is 17.1. The fourth-order valence-corrected chi connectivity index (χ4v) is 4.08. The van der Waals surface area contributed by atoms with Gasteiger partial charge in [0.1, 0.15) is 12.2 Å². The minimum absolute atomic E-state index is 0.114. The number of anilines is 2. The van der Waals surface area contributed by atoms with Crippen LogP contribution in [0.3, 0.4) is 0 Å². The van der Waals surface area contributed by atoms with Crippen LogP contribution in [0, 0.1) is 0 Å². The lowest BCUT2D eigenvalue weighted by molar-refractivity contribution is 0.0646. The molecule has 1 amide bonds. The number of hydrogen-bond donors (Lipinski definition) is 2. The van der Waals surface area contributed by atoms with Gasteiger partial charge in [-0.3, -0.25) is 4.79 Å². The highest BCUT2D eigenvalue weighted by Gasteiger charge is 2.48. The van der Waals surface area contributed by atoms with Crippen molar-refractivity contribution in [3.63, 3.8) is 0 Å². The van der Waals surface area contributed by atoms with Crippen LogP contribution in [0.5, 0.6) is 0 Å². The first kappa shape index (κ1) is 20.5. The SMILES string of the molecule is CN(C)c1ccc(-c2ccnc(N[C@@H]3CO[C@@H]4[C@@H]3OC[C@@H]4NC(=O)c3ccco3)n2)cc1. The van der Waals surface area contributed by atoms with Crippen LogP contribution in [0.1, 0.15) is 10.6 Å².